The zero-order chi connectivity index (χ0) is 15.3. The lowest BCUT2D eigenvalue weighted by molar-refractivity contribution is -0.119. The molecule has 1 aromatic rings. The van der Waals surface area contributed by atoms with E-state index in [1.807, 2.05) is 11.6 Å². The minimum atomic E-state index is -3.93. The van der Waals surface area contributed by atoms with Crippen molar-refractivity contribution in [1.29, 1.82) is 0 Å². The van der Waals surface area contributed by atoms with Gasteiger partial charge in [-0.1, -0.05) is 17.7 Å². The smallest absolute Gasteiger partial charge is 0.409 e. The van der Waals surface area contributed by atoms with Crippen LogP contribution in [0.25, 0.3) is 0 Å². The first-order chi connectivity index (χ1) is 9.26. The molecule has 1 aromatic carbocycles. The van der Waals surface area contributed by atoms with Crippen LogP contribution < -0.4 is 4.72 Å². The number of rotatable bonds is 4. The summed E-state index contributed by atoms with van der Waals surface area (Å²) in [5.74, 6) is -0.821. The second-order valence-corrected chi connectivity index (χ2v) is 5.85. The quantitative estimate of drug-likeness (QED) is 0.874. The normalized spacial score (nSPS) is 10.8. The number of carbonyl (C=O) groups excluding carboxylic acids is 2. The molecule has 0 aliphatic heterocycles. The Morgan fingerprint density at radius 2 is 1.80 bits per heavy atom. The van der Waals surface area contributed by atoms with Crippen LogP contribution in [0.4, 0.5) is 4.79 Å². The van der Waals surface area contributed by atoms with Crippen molar-refractivity contribution in [3.05, 3.63) is 29.8 Å². The number of likely N-dealkylation sites (N-methyl/N-ethyl adjacent to an activating group) is 1. The third kappa shape index (κ3) is 4.23. The number of methoxy groups -OCH3 is 1. The van der Waals surface area contributed by atoms with Crippen molar-refractivity contribution in [2.45, 2.75) is 11.8 Å². The third-order valence-electron chi connectivity index (χ3n) is 2.45. The molecule has 0 bridgehead atoms. The highest BCUT2D eigenvalue weighted by molar-refractivity contribution is 7.90. The summed E-state index contributed by atoms with van der Waals surface area (Å²) in [5.41, 5.74) is 0.903. The van der Waals surface area contributed by atoms with E-state index in [1.165, 1.54) is 26.3 Å². The van der Waals surface area contributed by atoms with Gasteiger partial charge in [0.1, 0.15) is 6.54 Å². The molecule has 110 valence electrons. The number of amides is 2. The Hall–Kier alpha value is -2.09. The monoisotopic (exact) mass is 300 g/mol. The van der Waals surface area contributed by atoms with E-state index in [4.69, 9.17) is 0 Å². The second kappa shape index (κ2) is 6.38. The topological polar surface area (TPSA) is 92.8 Å². The van der Waals surface area contributed by atoms with Gasteiger partial charge in [-0.05, 0) is 19.1 Å². The van der Waals surface area contributed by atoms with Crippen molar-refractivity contribution in [1.82, 2.24) is 9.62 Å². The van der Waals surface area contributed by atoms with Crippen molar-refractivity contribution < 1.29 is 22.7 Å². The van der Waals surface area contributed by atoms with Gasteiger partial charge in [0.05, 0.1) is 12.0 Å². The van der Waals surface area contributed by atoms with Crippen LogP contribution in [-0.2, 0) is 19.6 Å². The summed E-state index contributed by atoms with van der Waals surface area (Å²) in [6.07, 6.45) is -0.729. The van der Waals surface area contributed by atoms with E-state index in [-0.39, 0.29) is 4.90 Å². The molecule has 0 heterocycles. The van der Waals surface area contributed by atoms with Gasteiger partial charge in [-0.2, -0.15) is 0 Å². The zero-order valence-corrected chi connectivity index (χ0v) is 12.2. The van der Waals surface area contributed by atoms with Gasteiger partial charge in [-0.3, -0.25) is 4.79 Å². The minimum Gasteiger partial charge on any atom is -0.453 e. The molecule has 1 N–H and O–H groups in total. The van der Waals surface area contributed by atoms with Crippen LogP contribution in [0.3, 0.4) is 0 Å². The highest BCUT2D eigenvalue weighted by Gasteiger charge is 2.20. The molecule has 0 aliphatic carbocycles. The average Bonchev–Trinajstić information content (AvgIpc) is 2.37. The Labute approximate surface area is 117 Å². The molecule has 0 spiro atoms. The SMILES string of the molecule is COC(=O)N(C)CC(=O)NS(=O)(=O)c1ccc(C)cc1. The maximum Gasteiger partial charge on any atom is 0.409 e. The first-order valence-corrected chi connectivity index (χ1v) is 7.16. The van der Waals surface area contributed by atoms with E-state index in [0.717, 1.165) is 10.5 Å². The summed E-state index contributed by atoms with van der Waals surface area (Å²) < 4.78 is 30.1. The molecular formula is C12H16N2O5S. The molecule has 8 heteroatoms. The van der Waals surface area contributed by atoms with Crippen molar-refractivity contribution in [3.8, 4) is 0 Å². The molecule has 2 amide bonds. The molecule has 0 saturated carbocycles. The van der Waals surface area contributed by atoms with Gasteiger partial charge in [-0.25, -0.2) is 17.9 Å². The minimum absolute atomic E-state index is 0.0165. The van der Waals surface area contributed by atoms with Crippen LogP contribution in [-0.4, -0.2) is 46.0 Å². The van der Waals surface area contributed by atoms with Crippen LogP contribution in [0.1, 0.15) is 5.56 Å². The predicted molar refractivity (Wildman–Crippen MR) is 71.5 cm³/mol. The van der Waals surface area contributed by atoms with Crippen molar-refractivity contribution in [2.24, 2.45) is 0 Å². The van der Waals surface area contributed by atoms with E-state index in [1.54, 1.807) is 12.1 Å². The van der Waals surface area contributed by atoms with Gasteiger partial charge < -0.3 is 9.64 Å². The van der Waals surface area contributed by atoms with E-state index < -0.39 is 28.6 Å². The number of ether oxygens (including phenoxy) is 1. The molecule has 1 rings (SSSR count). The highest BCUT2D eigenvalue weighted by atomic mass is 32.2. The third-order valence-corrected chi connectivity index (χ3v) is 3.84. The van der Waals surface area contributed by atoms with Gasteiger partial charge >= 0.3 is 6.09 Å². The maximum absolute atomic E-state index is 11.9. The van der Waals surface area contributed by atoms with Crippen molar-refractivity contribution in [2.75, 3.05) is 20.7 Å². The molecule has 7 nitrogen and oxygen atoms in total. The van der Waals surface area contributed by atoms with Crippen molar-refractivity contribution >= 4 is 22.0 Å². The van der Waals surface area contributed by atoms with Gasteiger partial charge in [0.25, 0.3) is 15.9 Å². The van der Waals surface area contributed by atoms with Crippen LogP contribution in [0.15, 0.2) is 29.2 Å². The number of sulfonamides is 1. The first kappa shape index (κ1) is 16.0. The summed E-state index contributed by atoms with van der Waals surface area (Å²) in [6, 6.07) is 6.04. The average molecular weight is 300 g/mol. The molecule has 0 fully saturated rings. The lowest BCUT2D eigenvalue weighted by Gasteiger charge is -2.15. The van der Waals surface area contributed by atoms with Gasteiger partial charge in [0.2, 0.25) is 0 Å². The summed E-state index contributed by atoms with van der Waals surface area (Å²) >= 11 is 0. The summed E-state index contributed by atoms with van der Waals surface area (Å²) in [7, 11) is -1.44. The van der Waals surface area contributed by atoms with Crippen LogP contribution in [0, 0.1) is 6.92 Å². The Morgan fingerprint density at radius 1 is 1.25 bits per heavy atom. The molecule has 20 heavy (non-hydrogen) atoms. The molecule has 0 radical (unpaired) electrons. The van der Waals surface area contributed by atoms with Gasteiger partial charge in [0, 0.05) is 7.05 Å². The Kier molecular flexibility index (Phi) is 5.09. The van der Waals surface area contributed by atoms with E-state index in [9.17, 15) is 18.0 Å². The largest absolute Gasteiger partial charge is 0.453 e. The van der Waals surface area contributed by atoms with Crippen molar-refractivity contribution in [3.63, 3.8) is 0 Å². The zero-order valence-electron chi connectivity index (χ0n) is 11.4. The molecule has 0 aliphatic rings. The molecule has 0 aromatic heterocycles. The predicted octanol–water partition coefficient (Wildman–Crippen LogP) is 0.498. The first-order valence-electron chi connectivity index (χ1n) is 5.67. The molecule has 0 atom stereocenters. The second-order valence-electron chi connectivity index (χ2n) is 4.17. The molecular weight excluding hydrogens is 284 g/mol. The van der Waals surface area contributed by atoms with Crippen LogP contribution in [0.2, 0.25) is 0 Å². The van der Waals surface area contributed by atoms with E-state index in [0.29, 0.717) is 0 Å². The Morgan fingerprint density at radius 3 is 2.30 bits per heavy atom. The van der Waals surface area contributed by atoms with Gasteiger partial charge in [0.15, 0.2) is 0 Å². The van der Waals surface area contributed by atoms with E-state index >= 15 is 0 Å². The number of nitrogens with zero attached hydrogens (tertiary/aromatic N) is 1. The highest BCUT2D eigenvalue weighted by Crippen LogP contribution is 2.09. The fourth-order valence-electron chi connectivity index (χ4n) is 1.39. The van der Waals surface area contributed by atoms with Crippen LogP contribution >= 0.6 is 0 Å². The Balaban J connectivity index is 2.74. The fourth-order valence-corrected chi connectivity index (χ4v) is 2.37. The number of benzene rings is 1. The summed E-state index contributed by atoms with van der Waals surface area (Å²) in [6.45, 7) is 1.40. The number of hydrogen-bond acceptors (Lipinski definition) is 5. The maximum atomic E-state index is 11.9. The number of hydrogen-bond donors (Lipinski definition) is 1. The number of carbonyl (C=O) groups is 2. The van der Waals surface area contributed by atoms with Crippen LogP contribution in [0.5, 0.6) is 0 Å². The number of aryl methyl sites for hydroxylation is 1. The molecule has 0 unspecified atom stereocenters. The fraction of sp³-hybridized carbons (Fsp3) is 0.333. The lowest BCUT2D eigenvalue weighted by Crippen LogP contribution is -2.40. The lowest BCUT2D eigenvalue weighted by atomic mass is 10.2. The molecule has 0 saturated heterocycles. The summed E-state index contributed by atoms with van der Waals surface area (Å²) in [4.78, 5) is 23.6. The Bertz CT molecular complexity index is 595. The van der Waals surface area contributed by atoms with Gasteiger partial charge in [-0.15, -0.1) is 0 Å². The number of nitrogens with one attached hydrogen (secondary N) is 1. The van der Waals surface area contributed by atoms with E-state index in [2.05, 4.69) is 4.74 Å². The summed E-state index contributed by atoms with van der Waals surface area (Å²) in [5, 5.41) is 0. The standard InChI is InChI=1S/C12H16N2O5S/c1-9-4-6-10(7-5-9)20(17,18)13-11(15)8-14(2)12(16)19-3/h4-7H,8H2,1-3H3,(H,13,15).